The van der Waals surface area contributed by atoms with Gasteiger partial charge in [-0.05, 0) is 24.3 Å². The number of rotatable bonds is 6. The maximum absolute atomic E-state index is 11.9. The third kappa shape index (κ3) is 3.97. The zero-order chi connectivity index (χ0) is 12.1. The van der Waals surface area contributed by atoms with E-state index in [0.717, 1.165) is 22.9 Å². The Labute approximate surface area is 111 Å². The van der Waals surface area contributed by atoms with Gasteiger partial charge in [0.05, 0.1) is 5.75 Å². The van der Waals surface area contributed by atoms with Crippen LogP contribution in [0.2, 0.25) is 0 Å². The summed E-state index contributed by atoms with van der Waals surface area (Å²) in [6, 6.07) is 4.11. The lowest BCUT2D eigenvalue weighted by Crippen LogP contribution is -2.02. The number of hydrogen-bond acceptors (Lipinski definition) is 5. The second-order valence-electron chi connectivity index (χ2n) is 3.56. The quantitative estimate of drug-likeness (QED) is 0.820. The first kappa shape index (κ1) is 12.9. The lowest BCUT2D eigenvalue weighted by Gasteiger charge is -1.97. The minimum atomic E-state index is -0.830. The molecule has 17 heavy (non-hydrogen) atoms. The molecule has 6 heteroatoms. The van der Waals surface area contributed by atoms with Crippen molar-refractivity contribution in [1.82, 2.24) is 10.2 Å². The van der Waals surface area contributed by atoms with Crippen LogP contribution in [0.5, 0.6) is 0 Å². The molecular weight excluding hydrogens is 272 g/mol. The lowest BCUT2D eigenvalue weighted by molar-refractivity contribution is 0.681. The van der Waals surface area contributed by atoms with Crippen LogP contribution in [0.3, 0.4) is 0 Å². The molecule has 2 heterocycles. The summed E-state index contributed by atoms with van der Waals surface area (Å²) in [5.74, 6) is 1.25. The standard InChI is InChI=1S/C11H14N2OS3/c1-2-10-12-13-11(16-10)8-17(14)7-5-9-4-3-6-15-9/h3-4,6H,2,5,7-8H2,1H3/t17-/m1/s1. The number of hydrogen-bond donors (Lipinski definition) is 0. The molecule has 0 aliphatic carbocycles. The number of aromatic nitrogens is 2. The van der Waals surface area contributed by atoms with Crippen LogP contribution in [0.1, 0.15) is 21.8 Å². The second-order valence-corrected chi connectivity index (χ2v) is 7.32. The van der Waals surface area contributed by atoms with Gasteiger partial charge in [0.25, 0.3) is 0 Å². The Bertz CT molecular complexity index is 479. The molecule has 0 bridgehead atoms. The maximum Gasteiger partial charge on any atom is 0.129 e. The molecule has 2 aromatic rings. The molecule has 0 amide bonds. The third-order valence-corrected chi connectivity index (χ3v) is 5.69. The highest BCUT2D eigenvalue weighted by Gasteiger charge is 2.08. The predicted molar refractivity (Wildman–Crippen MR) is 74.0 cm³/mol. The zero-order valence-corrected chi connectivity index (χ0v) is 12.0. The summed E-state index contributed by atoms with van der Waals surface area (Å²) in [6.07, 6.45) is 1.79. The first-order chi connectivity index (χ1) is 8.28. The van der Waals surface area contributed by atoms with Gasteiger partial charge < -0.3 is 0 Å². The number of nitrogens with zero attached hydrogens (tertiary/aromatic N) is 2. The number of thiophene rings is 1. The van der Waals surface area contributed by atoms with Crippen LogP contribution in [-0.4, -0.2) is 20.2 Å². The van der Waals surface area contributed by atoms with Crippen LogP contribution >= 0.6 is 22.7 Å². The summed E-state index contributed by atoms with van der Waals surface area (Å²) in [5, 5.41) is 12.1. The van der Waals surface area contributed by atoms with Crippen molar-refractivity contribution >= 4 is 33.5 Å². The topological polar surface area (TPSA) is 42.9 Å². The van der Waals surface area contributed by atoms with Crippen molar-refractivity contribution in [3.63, 3.8) is 0 Å². The summed E-state index contributed by atoms with van der Waals surface area (Å²) in [5.41, 5.74) is 0. The highest BCUT2D eigenvalue weighted by molar-refractivity contribution is 7.84. The Balaban J connectivity index is 1.81. The largest absolute Gasteiger partial charge is 0.259 e. The molecule has 0 spiro atoms. The van der Waals surface area contributed by atoms with E-state index in [1.54, 1.807) is 22.7 Å². The van der Waals surface area contributed by atoms with Crippen LogP contribution < -0.4 is 0 Å². The molecule has 2 rings (SSSR count). The van der Waals surface area contributed by atoms with E-state index in [2.05, 4.69) is 28.6 Å². The second kappa shape index (κ2) is 6.37. The summed E-state index contributed by atoms with van der Waals surface area (Å²) in [4.78, 5) is 1.30. The predicted octanol–water partition coefficient (Wildman–Crippen LogP) is 2.65. The average Bonchev–Trinajstić information content (AvgIpc) is 2.97. The smallest absolute Gasteiger partial charge is 0.129 e. The summed E-state index contributed by atoms with van der Waals surface area (Å²) in [7, 11) is -0.830. The fourth-order valence-corrected chi connectivity index (χ4v) is 4.34. The van der Waals surface area contributed by atoms with Crippen molar-refractivity contribution in [2.45, 2.75) is 25.5 Å². The van der Waals surface area contributed by atoms with E-state index < -0.39 is 10.8 Å². The average molecular weight is 286 g/mol. The normalized spacial score (nSPS) is 12.8. The Hall–Kier alpha value is -0.590. The summed E-state index contributed by atoms with van der Waals surface area (Å²) < 4.78 is 11.9. The van der Waals surface area contributed by atoms with E-state index in [-0.39, 0.29) is 0 Å². The van der Waals surface area contributed by atoms with Gasteiger partial charge in [0.15, 0.2) is 0 Å². The molecular formula is C11H14N2OS3. The van der Waals surface area contributed by atoms with E-state index in [4.69, 9.17) is 0 Å². The van der Waals surface area contributed by atoms with Gasteiger partial charge in [0, 0.05) is 21.4 Å². The molecule has 2 aromatic heterocycles. The van der Waals surface area contributed by atoms with Crippen LogP contribution in [0.4, 0.5) is 0 Å². The summed E-state index contributed by atoms with van der Waals surface area (Å²) >= 11 is 3.29. The fraction of sp³-hybridized carbons (Fsp3) is 0.455. The van der Waals surface area contributed by atoms with Gasteiger partial charge in [-0.15, -0.1) is 32.9 Å². The molecule has 0 N–H and O–H groups in total. The van der Waals surface area contributed by atoms with Crippen LogP contribution in [-0.2, 0) is 29.4 Å². The van der Waals surface area contributed by atoms with Gasteiger partial charge in [-0.25, -0.2) is 0 Å². The third-order valence-electron chi connectivity index (χ3n) is 2.25. The Kier molecular flexibility index (Phi) is 4.82. The van der Waals surface area contributed by atoms with Crippen molar-refractivity contribution in [2.24, 2.45) is 0 Å². The molecule has 0 aliphatic rings. The van der Waals surface area contributed by atoms with Crippen LogP contribution in [0.25, 0.3) is 0 Å². The monoisotopic (exact) mass is 286 g/mol. The summed E-state index contributed by atoms with van der Waals surface area (Å²) in [6.45, 7) is 2.05. The molecule has 0 unspecified atom stereocenters. The van der Waals surface area contributed by atoms with Crippen molar-refractivity contribution in [3.05, 3.63) is 32.4 Å². The minimum absolute atomic E-state index is 0.545. The van der Waals surface area contributed by atoms with Gasteiger partial charge in [-0.2, -0.15) is 0 Å². The molecule has 0 radical (unpaired) electrons. The Morgan fingerprint density at radius 3 is 2.82 bits per heavy atom. The van der Waals surface area contributed by atoms with E-state index >= 15 is 0 Å². The van der Waals surface area contributed by atoms with E-state index in [0.29, 0.717) is 11.5 Å². The highest BCUT2D eigenvalue weighted by atomic mass is 32.2. The molecule has 0 aromatic carbocycles. The SMILES string of the molecule is CCc1nnc(C[S@](=O)CCc2cccs2)s1. The first-order valence-electron chi connectivity index (χ1n) is 5.46. The highest BCUT2D eigenvalue weighted by Crippen LogP contribution is 2.14. The molecule has 0 saturated heterocycles. The fourth-order valence-electron chi connectivity index (χ4n) is 1.37. The van der Waals surface area contributed by atoms with Crippen molar-refractivity contribution in [2.75, 3.05) is 5.75 Å². The van der Waals surface area contributed by atoms with E-state index in [9.17, 15) is 4.21 Å². The van der Waals surface area contributed by atoms with Crippen molar-refractivity contribution in [3.8, 4) is 0 Å². The van der Waals surface area contributed by atoms with Gasteiger partial charge in [-0.3, -0.25) is 4.21 Å². The molecule has 0 fully saturated rings. The van der Waals surface area contributed by atoms with Crippen molar-refractivity contribution in [1.29, 1.82) is 0 Å². The van der Waals surface area contributed by atoms with Gasteiger partial charge in [0.2, 0.25) is 0 Å². The molecule has 3 nitrogen and oxygen atoms in total. The minimum Gasteiger partial charge on any atom is -0.259 e. The van der Waals surface area contributed by atoms with Crippen LogP contribution in [0, 0.1) is 0 Å². The van der Waals surface area contributed by atoms with Gasteiger partial charge >= 0.3 is 0 Å². The molecule has 0 aliphatic heterocycles. The Morgan fingerprint density at radius 2 is 2.18 bits per heavy atom. The van der Waals surface area contributed by atoms with Gasteiger partial charge in [0.1, 0.15) is 10.0 Å². The lowest BCUT2D eigenvalue weighted by atomic mass is 10.4. The van der Waals surface area contributed by atoms with Crippen LogP contribution in [0.15, 0.2) is 17.5 Å². The molecule has 1 atom stereocenters. The zero-order valence-electron chi connectivity index (χ0n) is 9.59. The Morgan fingerprint density at radius 1 is 1.35 bits per heavy atom. The van der Waals surface area contributed by atoms with E-state index in [1.165, 1.54) is 4.88 Å². The maximum atomic E-state index is 11.9. The molecule has 0 saturated carbocycles. The molecule has 92 valence electrons. The number of aryl methyl sites for hydroxylation is 2. The van der Waals surface area contributed by atoms with Crippen molar-refractivity contribution < 1.29 is 4.21 Å². The van der Waals surface area contributed by atoms with E-state index in [1.807, 2.05) is 6.07 Å². The van der Waals surface area contributed by atoms with Gasteiger partial charge in [-0.1, -0.05) is 13.0 Å². The first-order valence-corrected chi connectivity index (χ1v) is 8.65.